The fourth-order valence-electron chi connectivity index (χ4n) is 2.23. The van der Waals surface area contributed by atoms with Gasteiger partial charge in [-0.25, -0.2) is 0 Å². The van der Waals surface area contributed by atoms with Crippen molar-refractivity contribution in [1.29, 1.82) is 0 Å². The van der Waals surface area contributed by atoms with Crippen LogP contribution in [-0.2, 0) is 14.3 Å². The fraction of sp³-hybridized carbons (Fsp3) is 0.846. The standard InChI is InChI=1S/C13H24N2O3/c1-6-13(4)12(17)14-10(9(2)3)11(16)15(13)7-8-18-5/h9-10H,6-8H2,1-5H3,(H,14,17). The van der Waals surface area contributed by atoms with E-state index in [1.54, 1.807) is 12.0 Å². The van der Waals surface area contributed by atoms with Gasteiger partial charge in [0.05, 0.1) is 6.61 Å². The third-order valence-electron chi connectivity index (χ3n) is 3.78. The summed E-state index contributed by atoms with van der Waals surface area (Å²) in [6, 6.07) is -0.422. The molecule has 0 bridgehead atoms. The number of ether oxygens (including phenoxy) is 1. The Morgan fingerprint density at radius 3 is 2.50 bits per heavy atom. The summed E-state index contributed by atoms with van der Waals surface area (Å²) in [6.45, 7) is 8.50. The zero-order valence-corrected chi connectivity index (χ0v) is 11.9. The summed E-state index contributed by atoms with van der Waals surface area (Å²) in [5.74, 6) is 0.0123. The van der Waals surface area contributed by atoms with Gasteiger partial charge < -0.3 is 15.0 Å². The molecular weight excluding hydrogens is 232 g/mol. The highest BCUT2D eigenvalue weighted by Gasteiger charge is 2.48. The molecule has 0 aliphatic carbocycles. The lowest BCUT2D eigenvalue weighted by molar-refractivity contribution is -0.158. The lowest BCUT2D eigenvalue weighted by atomic mass is 9.88. The average molecular weight is 256 g/mol. The van der Waals surface area contributed by atoms with Crippen LogP contribution in [-0.4, -0.2) is 48.6 Å². The smallest absolute Gasteiger partial charge is 0.246 e. The molecule has 5 nitrogen and oxygen atoms in total. The molecule has 1 aliphatic rings. The monoisotopic (exact) mass is 256 g/mol. The number of hydrogen-bond acceptors (Lipinski definition) is 3. The van der Waals surface area contributed by atoms with Crippen LogP contribution in [0.4, 0.5) is 0 Å². The third-order valence-corrected chi connectivity index (χ3v) is 3.78. The van der Waals surface area contributed by atoms with Gasteiger partial charge in [-0.1, -0.05) is 20.8 Å². The summed E-state index contributed by atoms with van der Waals surface area (Å²) in [6.07, 6.45) is 0.596. The minimum Gasteiger partial charge on any atom is -0.383 e. The van der Waals surface area contributed by atoms with Crippen LogP contribution in [0.1, 0.15) is 34.1 Å². The Bertz CT molecular complexity index is 330. The zero-order chi connectivity index (χ0) is 13.9. The Hall–Kier alpha value is -1.10. The first-order valence-electron chi connectivity index (χ1n) is 6.49. The quantitative estimate of drug-likeness (QED) is 0.791. The molecule has 1 rings (SSSR count). The lowest BCUT2D eigenvalue weighted by Gasteiger charge is -2.46. The van der Waals surface area contributed by atoms with Gasteiger partial charge in [0, 0.05) is 13.7 Å². The van der Waals surface area contributed by atoms with Crippen molar-refractivity contribution in [2.75, 3.05) is 20.3 Å². The van der Waals surface area contributed by atoms with Gasteiger partial charge in [-0.15, -0.1) is 0 Å². The largest absolute Gasteiger partial charge is 0.383 e. The van der Waals surface area contributed by atoms with Crippen molar-refractivity contribution in [3.63, 3.8) is 0 Å². The number of carbonyl (C=O) groups excluding carboxylic acids is 2. The molecule has 0 spiro atoms. The van der Waals surface area contributed by atoms with Crippen LogP contribution in [0, 0.1) is 5.92 Å². The van der Waals surface area contributed by atoms with Gasteiger partial charge in [-0.2, -0.15) is 0 Å². The molecule has 1 aliphatic heterocycles. The van der Waals surface area contributed by atoms with Crippen LogP contribution in [0.25, 0.3) is 0 Å². The van der Waals surface area contributed by atoms with Crippen molar-refractivity contribution in [3.05, 3.63) is 0 Å². The van der Waals surface area contributed by atoms with Gasteiger partial charge in [-0.3, -0.25) is 9.59 Å². The van der Waals surface area contributed by atoms with Crippen LogP contribution < -0.4 is 5.32 Å². The minimum absolute atomic E-state index is 0.00833. The fourth-order valence-corrected chi connectivity index (χ4v) is 2.23. The maximum atomic E-state index is 12.4. The van der Waals surface area contributed by atoms with E-state index in [9.17, 15) is 9.59 Å². The van der Waals surface area contributed by atoms with Crippen molar-refractivity contribution in [1.82, 2.24) is 10.2 Å². The van der Waals surface area contributed by atoms with Crippen LogP contribution in [0.2, 0.25) is 0 Å². The maximum absolute atomic E-state index is 12.4. The second-order valence-electron chi connectivity index (χ2n) is 5.31. The van der Waals surface area contributed by atoms with Gasteiger partial charge in [0.25, 0.3) is 0 Å². The number of nitrogens with zero attached hydrogens (tertiary/aromatic N) is 1. The van der Waals surface area contributed by atoms with Crippen LogP contribution in [0.15, 0.2) is 0 Å². The van der Waals surface area contributed by atoms with E-state index >= 15 is 0 Å². The molecule has 2 amide bonds. The van der Waals surface area contributed by atoms with Gasteiger partial charge in [-0.05, 0) is 19.3 Å². The molecule has 0 radical (unpaired) electrons. The van der Waals surface area contributed by atoms with Crippen molar-refractivity contribution in [2.24, 2.45) is 5.92 Å². The Morgan fingerprint density at radius 1 is 1.44 bits per heavy atom. The molecule has 1 fully saturated rings. The van der Waals surface area contributed by atoms with E-state index in [0.717, 1.165) is 0 Å². The van der Waals surface area contributed by atoms with E-state index in [-0.39, 0.29) is 17.7 Å². The molecule has 104 valence electrons. The molecule has 18 heavy (non-hydrogen) atoms. The molecule has 1 heterocycles. The number of rotatable bonds is 5. The number of hydrogen-bond donors (Lipinski definition) is 1. The zero-order valence-electron chi connectivity index (χ0n) is 11.9. The van der Waals surface area contributed by atoms with E-state index in [1.165, 1.54) is 0 Å². The van der Waals surface area contributed by atoms with E-state index < -0.39 is 11.6 Å². The van der Waals surface area contributed by atoms with E-state index in [0.29, 0.717) is 19.6 Å². The summed E-state index contributed by atoms with van der Waals surface area (Å²) in [5.41, 5.74) is -0.763. The van der Waals surface area contributed by atoms with Crippen molar-refractivity contribution in [3.8, 4) is 0 Å². The Balaban J connectivity index is 3.01. The highest BCUT2D eigenvalue weighted by atomic mass is 16.5. The molecule has 0 saturated carbocycles. The number of amides is 2. The number of nitrogens with one attached hydrogen (secondary N) is 1. The van der Waals surface area contributed by atoms with Crippen LogP contribution in [0.3, 0.4) is 0 Å². The molecule has 5 heteroatoms. The van der Waals surface area contributed by atoms with Gasteiger partial charge in [0.2, 0.25) is 11.8 Å². The Kier molecular flexibility index (Phi) is 4.73. The topological polar surface area (TPSA) is 58.6 Å². The second-order valence-corrected chi connectivity index (χ2v) is 5.31. The summed E-state index contributed by atoms with van der Waals surface area (Å²) >= 11 is 0. The second kappa shape index (κ2) is 5.69. The van der Waals surface area contributed by atoms with Crippen LogP contribution >= 0.6 is 0 Å². The average Bonchev–Trinajstić information content (AvgIpc) is 2.33. The number of carbonyl (C=O) groups is 2. The molecular formula is C13H24N2O3. The molecule has 1 saturated heterocycles. The summed E-state index contributed by atoms with van der Waals surface area (Å²) in [5, 5.41) is 2.84. The molecule has 2 atom stereocenters. The Labute approximate surface area is 109 Å². The predicted octanol–water partition coefficient (Wildman–Crippen LogP) is 0.785. The summed E-state index contributed by atoms with van der Waals surface area (Å²) in [4.78, 5) is 26.4. The van der Waals surface area contributed by atoms with Gasteiger partial charge in [0.15, 0.2) is 0 Å². The number of piperazine rings is 1. The minimum atomic E-state index is -0.763. The third kappa shape index (κ3) is 2.51. The first-order chi connectivity index (χ1) is 8.38. The molecule has 2 unspecified atom stereocenters. The van der Waals surface area contributed by atoms with Crippen molar-refractivity contribution < 1.29 is 14.3 Å². The highest BCUT2D eigenvalue weighted by Crippen LogP contribution is 2.26. The number of methoxy groups -OCH3 is 1. The van der Waals surface area contributed by atoms with E-state index in [1.807, 2.05) is 27.7 Å². The molecule has 0 aromatic heterocycles. The van der Waals surface area contributed by atoms with Crippen molar-refractivity contribution in [2.45, 2.75) is 45.7 Å². The highest BCUT2D eigenvalue weighted by molar-refractivity contribution is 5.99. The van der Waals surface area contributed by atoms with E-state index in [4.69, 9.17) is 4.74 Å². The van der Waals surface area contributed by atoms with Crippen LogP contribution in [0.5, 0.6) is 0 Å². The Morgan fingerprint density at radius 2 is 2.06 bits per heavy atom. The molecule has 0 aromatic rings. The molecule has 0 aromatic carbocycles. The lowest BCUT2D eigenvalue weighted by Crippen LogP contribution is -2.70. The first-order valence-corrected chi connectivity index (χ1v) is 6.49. The first kappa shape index (κ1) is 15.0. The van der Waals surface area contributed by atoms with E-state index in [2.05, 4.69) is 5.32 Å². The maximum Gasteiger partial charge on any atom is 0.246 e. The van der Waals surface area contributed by atoms with Gasteiger partial charge in [0.1, 0.15) is 11.6 Å². The van der Waals surface area contributed by atoms with Gasteiger partial charge >= 0.3 is 0 Å². The SMILES string of the molecule is CCC1(C)C(=O)NC(C(C)C)C(=O)N1CCOC. The predicted molar refractivity (Wildman–Crippen MR) is 69.1 cm³/mol. The normalized spacial score (nSPS) is 28.8. The summed E-state index contributed by atoms with van der Waals surface area (Å²) < 4.78 is 5.04. The summed E-state index contributed by atoms with van der Waals surface area (Å²) in [7, 11) is 1.59. The van der Waals surface area contributed by atoms with Crippen molar-refractivity contribution >= 4 is 11.8 Å². The molecule has 1 N–H and O–H groups in total.